The van der Waals surface area contributed by atoms with Gasteiger partial charge in [-0.1, -0.05) is 24.3 Å². The fourth-order valence-electron chi connectivity index (χ4n) is 2.96. The molecule has 0 atom stereocenters. The molecule has 0 radical (unpaired) electrons. The summed E-state index contributed by atoms with van der Waals surface area (Å²) in [5, 5.41) is 4.59. The van der Waals surface area contributed by atoms with E-state index in [1.165, 1.54) is 22.3 Å². The van der Waals surface area contributed by atoms with Crippen LogP contribution in [-0.2, 0) is 16.6 Å². The highest BCUT2D eigenvalue weighted by atomic mass is 32.2. The van der Waals surface area contributed by atoms with E-state index in [1.807, 2.05) is 18.3 Å². The zero-order valence-electron chi connectivity index (χ0n) is 14.0. The molecule has 2 heterocycles. The maximum Gasteiger partial charge on any atom is 0.211 e. The number of piperidine rings is 1. The molecular formula is C17H23N3O2S2. The molecule has 0 unspecified atom stereocenters. The van der Waals surface area contributed by atoms with E-state index in [0.717, 1.165) is 24.4 Å². The molecule has 1 N–H and O–H groups in total. The lowest BCUT2D eigenvalue weighted by atomic mass is 10.1. The van der Waals surface area contributed by atoms with Crippen molar-refractivity contribution in [1.29, 1.82) is 0 Å². The van der Waals surface area contributed by atoms with Crippen LogP contribution in [0.3, 0.4) is 0 Å². The van der Waals surface area contributed by atoms with Gasteiger partial charge in [0.05, 0.1) is 6.26 Å². The minimum atomic E-state index is -3.05. The summed E-state index contributed by atoms with van der Waals surface area (Å²) in [6.45, 7) is 4.10. The Hall–Kier alpha value is -1.28. The monoisotopic (exact) mass is 365 g/mol. The number of aryl methyl sites for hydroxylation is 1. The van der Waals surface area contributed by atoms with Crippen LogP contribution in [0.4, 0.5) is 0 Å². The van der Waals surface area contributed by atoms with Gasteiger partial charge < -0.3 is 5.32 Å². The molecule has 0 amide bonds. The Morgan fingerprint density at radius 2 is 2.00 bits per heavy atom. The van der Waals surface area contributed by atoms with Crippen LogP contribution in [0.25, 0.3) is 10.6 Å². The lowest BCUT2D eigenvalue weighted by Crippen LogP contribution is -2.44. The molecule has 3 rings (SSSR count). The molecule has 7 heteroatoms. The van der Waals surface area contributed by atoms with Crippen LogP contribution in [0, 0.1) is 6.92 Å². The summed E-state index contributed by atoms with van der Waals surface area (Å²) in [5.41, 5.74) is 2.43. The summed E-state index contributed by atoms with van der Waals surface area (Å²) in [7, 11) is -3.05. The highest BCUT2D eigenvalue weighted by Gasteiger charge is 2.24. The average molecular weight is 366 g/mol. The predicted molar refractivity (Wildman–Crippen MR) is 98.6 cm³/mol. The number of nitrogens with one attached hydrogen (secondary N) is 1. The lowest BCUT2D eigenvalue weighted by Gasteiger charge is -2.30. The highest BCUT2D eigenvalue weighted by molar-refractivity contribution is 7.88. The SMILES string of the molecule is Cc1ccccc1-c1ncc(CNC2CCN(S(C)(=O)=O)CC2)s1. The quantitative estimate of drug-likeness (QED) is 0.885. The van der Waals surface area contributed by atoms with Gasteiger partial charge in [0.25, 0.3) is 0 Å². The van der Waals surface area contributed by atoms with Crippen molar-refractivity contribution in [2.24, 2.45) is 0 Å². The van der Waals surface area contributed by atoms with Gasteiger partial charge in [0.2, 0.25) is 10.0 Å². The Bertz CT molecular complexity index is 794. The highest BCUT2D eigenvalue weighted by Crippen LogP contribution is 2.27. The minimum absolute atomic E-state index is 0.368. The second-order valence-corrected chi connectivity index (χ2v) is 9.36. The van der Waals surface area contributed by atoms with Crippen LogP contribution in [-0.4, -0.2) is 43.1 Å². The molecule has 1 saturated heterocycles. The number of hydrogen-bond donors (Lipinski definition) is 1. The van der Waals surface area contributed by atoms with Crippen molar-refractivity contribution in [3.05, 3.63) is 40.9 Å². The van der Waals surface area contributed by atoms with Gasteiger partial charge in [-0.15, -0.1) is 11.3 Å². The first-order valence-electron chi connectivity index (χ1n) is 8.12. The molecule has 0 saturated carbocycles. The summed E-state index contributed by atoms with van der Waals surface area (Å²) in [6.07, 6.45) is 4.93. The predicted octanol–water partition coefficient (Wildman–Crippen LogP) is 2.63. The van der Waals surface area contributed by atoms with Gasteiger partial charge in [-0.2, -0.15) is 0 Å². The molecule has 130 valence electrons. The second-order valence-electron chi connectivity index (χ2n) is 6.26. The summed E-state index contributed by atoms with van der Waals surface area (Å²) >= 11 is 1.71. The maximum absolute atomic E-state index is 11.5. The number of benzene rings is 1. The smallest absolute Gasteiger partial charge is 0.211 e. The van der Waals surface area contributed by atoms with E-state index in [1.54, 1.807) is 15.6 Å². The molecule has 1 fully saturated rings. The molecule has 1 aromatic carbocycles. The maximum atomic E-state index is 11.5. The fraction of sp³-hybridized carbons (Fsp3) is 0.471. The molecular weight excluding hydrogens is 342 g/mol. The largest absolute Gasteiger partial charge is 0.309 e. The van der Waals surface area contributed by atoms with Gasteiger partial charge in [-0.25, -0.2) is 17.7 Å². The van der Waals surface area contributed by atoms with Crippen molar-refractivity contribution in [2.75, 3.05) is 19.3 Å². The molecule has 1 aromatic heterocycles. The lowest BCUT2D eigenvalue weighted by molar-refractivity contribution is 0.290. The van der Waals surface area contributed by atoms with Crippen molar-refractivity contribution >= 4 is 21.4 Å². The van der Waals surface area contributed by atoms with Crippen LogP contribution in [0.1, 0.15) is 23.3 Å². The third-order valence-corrected chi connectivity index (χ3v) is 6.75. The first-order chi connectivity index (χ1) is 11.4. The second kappa shape index (κ2) is 7.31. The number of sulfonamides is 1. The molecule has 24 heavy (non-hydrogen) atoms. The topological polar surface area (TPSA) is 62.3 Å². The van der Waals surface area contributed by atoms with Crippen molar-refractivity contribution in [1.82, 2.24) is 14.6 Å². The van der Waals surface area contributed by atoms with Gasteiger partial charge in [0, 0.05) is 42.3 Å². The van der Waals surface area contributed by atoms with Crippen molar-refractivity contribution in [2.45, 2.75) is 32.4 Å². The van der Waals surface area contributed by atoms with E-state index in [9.17, 15) is 8.42 Å². The van der Waals surface area contributed by atoms with Crippen molar-refractivity contribution in [3.8, 4) is 10.6 Å². The van der Waals surface area contributed by atoms with Crippen molar-refractivity contribution in [3.63, 3.8) is 0 Å². The molecule has 0 bridgehead atoms. The summed E-state index contributed by atoms with van der Waals surface area (Å²) in [6, 6.07) is 8.65. The van der Waals surface area contributed by atoms with Crippen molar-refractivity contribution < 1.29 is 8.42 Å². The first-order valence-corrected chi connectivity index (χ1v) is 10.8. The third-order valence-electron chi connectivity index (χ3n) is 4.42. The number of rotatable bonds is 5. The number of hydrogen-bond acceptors (Lipinski definition) is 5. The Morgan fingerprint density at radius 3 is 2.67 bits per heavy atom. The van der Waals surface area contributed by atoms with Gasteiger partial charge in [-0.05, 0) is 25.3 Å². The van der Waals surface area contributed by atoms with Gasteiger partial charge in [-0.3, -0.25) is 0 Å². The zero-order chi connectivity index (χ0) is 17.2. The van der Waals surface area contributed by atoms with Crippen LogP contribution < -0.4 is 5.32 Å². The van der Waals surface area contributed by atoms with Crippen LogP contribution in [0.2, 0.25) is 0 Å². The average Bonchev–Trinajstić information content (AvgIpc) is 3.02. The number of aromatic nitrogens is 1. The van der Waals surface area contributed by atoms with Crippen LogP contribution in [0.5, 0.6) is 0 Å². The Balaban J connectivity index is 1.55. The normalized spacial score (nSPS) is 17.2. The fourth-order valence-corrected chi connectivity index (χ4v) is 4.79. The first kappa shape index (κ1) is 17.5. The van der Waals surface area contributed by atoms with Crippen LogP contribution in [0.15, 0.2) is 30.5 Å². The standard InChI is InChI=1S/C17H23N3O2S2/c1-13-5-3-4-6-16(13)17-19-12-15(23-17)11-18-14-7-9-20(10-8-14)24(2,21)22/h3-6,12,14,18H,7-11H2,1-2H3. The van der Waals surface area contributed by atoms with Gasteiger partial charge in [0.15, 0.2) is 0 Å². The third kappa shape index (κ3) is 4.22. The van der Waals surface area contributed by atoms with Gasteiger partial charge in [0.1, 0.15) is 5.01 Å². The Kier molecular flexibility index (Phi) is 5.34. The van der Waals surface area contributed by atoms with Gasteiger partial charge >= 0.3 is 0 Å². The summed E-state index contributed by atoms with van der Waals surface area (Å²) in [5.74, 6) is 0. The molecule has 1 aliphatic rings. The summed E-state index contributed by atoms with van der Waals surface area (Å²) < 4.78 is 24.6. The molecule has 0 spiro atoms. The number of thiazole rings is 1. The van der Waals surface area contributed by atoms with E-state index in [4.69, 9.17) is 0 Å². The molecule has 5 nitrogen and oxygen atoms in total. The van der Waals surface area contributed by atoms with E-state index in [0.29, 0.717) is 19.1 Å². The minimum Gasteiger partial charge on any atom is -0.309 e. The van der Waals surface area contributed by atoms with E-state index in [2.05, 4.69) is 29.4 Å². The molecule has 0 aliphatic carbocycles. The molecule has 1 aliphatic heterocycles. The Morgan fingerprint density at radius 1 is 1.29 bits per heavy atom. The van der Waals surface area contributed by atoms with E-state index >= 15 is 0 Å². The zero-order valence-corrected chi connectivity index (χ0v) is 15.7. The van der Waals surface area contributed by atoms with Crippen LogP contribution >= 0.6 is 11.3 Å². The molecule has 2 aromatic rings. The number of nitrogens with zero attached hydrogens (tertiary/aromatic N) is 2. The van der Waals surface area contributed by atoms with E-state index < -0.39 is 10.0 Å². The summed E-state index contributed by atoms with van der Waals surface area (Å²) in [4.78, 5) is 5.75. The Labute approximate surface area is 147 Å². The van der Waals surface area contributed by atoms with E-state index in [-0.39, 0.29) is 0 Å².